The van der Waals surface area contributed by atoms with Crippen molar-refractivity contribution < 1.29 is 4.74 Å². The number of halogens is 4. The Morgan fingerprint density at radius 1 is 1.05 bits per heavy atom. The molecule has 0 amide bonds. The fourth-order valence-corrected chi connectivity index (χ4v) is 3.74. The van der Waals surface area contributed by atoms with Crippen molar-refractivity contribution in [3.8, 4) is 5.75 Å². The first-order chi connectivity index (χ1) is 9.94. The Bertz CT molecular complexity index is 436. The van der Waals surface area contributed by atoms with Crippen LogP contribution in [0.2, 0.25) is 10.0 Å². The van der Waals surface area contributed by atoms with Gasteiger partial charge in [-0.15, -0.1) is 0 Å². The average Bonchev–Trinajstić information content (AvgIpc) is 2.48. The second kappa shape index (κ2) is 9.64. The maximum Gasteiger partial charge on any atom is 0.155 e. The highest BCUT2D eigenvalue weighted by molar-refractivity contribution is 9.11. The molecule has 120 valence electrons. The molecule has 1 rings (SSSR count). The zero-order valence-corrected chi connectivity index (χ0v) is 17.4. The summed E-state index contributed by atoms with van der Waals surface area (Å²) in [6.07, 6.45) is 5.77. The largest absolute Gasteiger partial charge is 0.488 e. The predicted molar refractivity (Wildman–Crippen MR) is 99.9 cm³/mol. The number of rotatable bonds is 8. The standard InChI is InChI=1S/C16H22Br2Cl2O/c1-4-10(5-2)7-8-11(6-3)21-16-14(18)13(19)9-12(17)15(16)20/h9-11H,4-8H2,1-3H3. The second-order valence-corrected chi connectivity index (χ2v) is 7.64. The zero-order chi connectivity index (χ0) is 16.0. The third kappa shape index (κ3) is 5.60. The van der Waals surface area contributed by atoms with E-state index in [1.165, 1.54) is 19.3 Å². The van der Waals surface area contributed by atoms with Crippen molar-refractivity contribution in [3.63, 3.8) is 0 Å². The van der Waals surface area contributed by atoms with Crippen LogP contribution < -0.4 is 4.74 Å². The molecule has 0 fully saturated rings. The fraction of sp³-hybridized carbons (Fsp3) is 0.625. The lowest BCUT2D eigenvalue weighted by molar-refractivity contribution is 0.173. The van der Waals surface area contributed by atoms with E-state index in [2.05, 4.69) is 52.6 Å². The van der Waals surface area contributed by atoms with Crippen LogP contribution in [-0.2, 0) is 0 Å². The van der Waals surface area contributed by atoms with E-state index in [1.54, 1.807) is 6.07 Å². The summed E-state index contributed by atoms with van der Waals surface area (Å²) in [4.78, 5) is 0. The molecule has 0 N–H and O–H groups in total. The van der Waals surface area contributed by atoms with E-state index >= 15 is 0 Å². The SMILES string of the molecule is CCC(CC)CCC(CC)Oc1c(Cl)c(Br)cc(Cl)c1Br. The van der Waals surface area contributed by atoms with Gasteiger partial charge in [0.2, 0.25) is 0 Å². The van der Waals surface area contributed by atoms with Crippen molar-refractivity contribution in [2.24, 2.45) is 5.92 Å². The Balaban J connectivity index is 2.82. The molecule has 1 unspecified atom stereocenters. The molecule has 1 nitrogen and oxygen atoms in total. The summed E-state index contributed by atoms with van der Waals surface area (Å²) in [7, 11) is 0. The van der Waals surface area contributed by atoms with Crippen molar-refractivity contribution in [2.75, 3.05) is 0 Å². The van der Waals surface area contributed by atoms with Crippen LogP contribution in [0, 0.1) is 5.92 Å². The Labute approximate surface area is 155 Å². The molecule has 0 aliphatic carbocycles. The predicted octanol–water partition coefficient (Wildman–Crippen LogP) is 7.89. The van der Waals surface area contributed by atoms with Crippen LogP contribution in [0.15, 0.2) is 15.0 Å². The topological polar surface area (TPSA) is 9.23 Å². The molecule has 0 spiro atoms. The molecule has 0 aromatic heterocycles. The maximum atomic E-state index is 6.33. The summed E-state index contributed by atoms with van der Waals surface area (Å²) < 4.78 is 7.61. The van der Waals surface area contributed by atoms with E-state index in [1.807, 2.05) is 0 Å². The highest BCUT2D eigenvalue weighted by Crippen LogP contribution is 2.43. The quantitative estimate of drug-likeness (QED) is 0.358. The van der Waals surface area contributed by atoms with Crippen LogP contribution in [0.3, 0.4) is 0 Å². The Hall–Kier alpha value is 0.560. The lowest BCUT2D eigenvalue weighted by Crippen LogP contribution is -2.17. The van der Waals surface area contributed by atoms with Crippen LogP contribution in [0.1, 0.15) is 52.9 Å². The third-order valence-electron chi connectivity index (χ3n) is 3.86. The Morgan fingerprint density at radius 3 is 2.19 bits per heavy atom. The molecule has 0 heterocycles. The Morgan fingerprint density at radius 2 is 1.67 bits per heavy atom. The van der Waals surface area contributed by atoms with Gasteiger partial charge in [-0.05, 0) is 63.1 Å². The van der Waals surface area contributed by atoms with Crippen LogP contribution in [0.25, 0.3) is 0 Å². The van der Waals surface area contributed by atoms with Crippen molar-refractivity contribution in [1.29, 1.82) is 0 Å². The average molecular weight is 461 g/mol. The van der Waals surface area contributed by atoms with E-state index in [0.717, 1.165) is 27.7 Å². The molecule has 1 aromatic rings. The van der Waals surface area contributed by atoms with Crippen molar-refractivity contribution >= 4 is 55.1 Å². The summed E-state index contributed by atoms with van der Waals surface area (Å²) in [5.74, 6) is 1.40. The van der Waals surface area contributed by atoms with Gasteiger partial charge in [0.05, 0.1) is 20.6 Å². The normalized spacial score (nSPS) is 12.8. The minimum atomic E-state index is 0.157. The molecule has 21 heavy (non-hydrogen) atoms. The van der Waals surface area contributed by atoms with Gasteiger partial charge in [-0.1, -0.05) is 56.8 Å². The second-order valence-electron chi connectivity index (χ2n) is 5.21. The van der Waals surface area contributed by atoms with Crippen molar-refractivity contribution in [3.05, 3.63) is 25.1 Å². The highest BCUT2D eigenvalue weighted by atomic mass is 79.9. The van der Waals surface area contributed by atoms with Crippen LogP contribution in [0.4, 0.5) is 0 Å². The molecule has 0 aliphatic heterocycles. The van der Waals surface area contributed by atoms with Gasteiger partial charge in [-0.2, -0.15) is 0 Å². The fourth-order valence-electron chi connectivity index (χ4n) is 2.29. The summed E-state index contributed by atoms with van der Waals surface area (Å²) in [5, 5.41) is 1.16. The van der Waals surface area contributed by atoms with Crippen molar-refractivity contribution in [1.82, 2.24) is 0 Å². The molecule has 0 saturated carbocycles. The van der Waals surface area contributed by atoms with E-state index in [4.69, 9.17) is 27.9 Å². The molecular formula is C16H22Br2Cl2O. The molecule has 1 aromatic carbocycles. The first-order valence-corrected chi connectivity index (χ1v) is 9.78. The van der Waals surface area contributed by atoms with Crippen molar-refractivity contribution in [2.45, 2.75) is 59.0 Å². The van der Waals surface area contributed by atoms with Gasteiger partial charge < -0.3 is 4.74 Å². The first-order valence-electron chi connectivity index (χ1n) is 7.44. The molecule has 5 heteroatoms. The molecule has 1 atom stereocenters. The monoisotopic (exact) mass is 458 g/mol. The van der Waals surface area contributed by atoms with E-state index in [-0.39, 0.29) is 6.10 Å². The minimum Gasteiger partial charge on any atom is -0.488 e. The molecular weight excluding hydrogens is 439 g/mol. The number of ether oxygens (including phenoxy) is 1. The summed E-state index contributed by atoms with van der Waals surface area (Å²) >= 11 is 19.4. The van der Waals surface area contributed by atoms with Crippen LogP contribution in [-0.4, -0.2) is 6.10 Å². The summed E-state index contributed by atoms with van der Waals surface area (Å²) in [5.41, 5.74) is 0. The molecule has 0 radical (unpaired) electrons. The van der Waals surface area contributed by atoms with Gasteiger partial charge in [0.25, 0.3) is 0 Å². The molecule has 0 bridgehead atoms. The lowest BCUT2D eigenvalue weighted by atomic mass is 9.95. The highest BCUT2D eigenvalue weighted by Gasteiger charge is 2.19. The van der Waals surface area contributed by atoms with Gasteiger partial charge in [-0.3, -0.25) is 0 Å². The van der Waals surface area contributed by atoms with E-state index in [9.17, 15) is 0 Å². The zero-order valence-electron chi connectivity index (χ0n) is 12.7. The van der Waals surface area contributed by atoms with E-state index in [0.29, 0.717) is 15.8 Å². The number of hydrogen-bond donors (Lipinski definition) is 0. The Kier molecular flexibility index (Phi) is 9.00. The first kappa shape index (κ1) is 19.6. The van der Waals surface area contributed by atoms with Gasteiger partial charge in [0.1, 0.15) is 0 Å². The molecule has 0 aliphatic rings. The van der Waals surface area contributed by atoms with Gasteiger partial charge in [-0.25, -0.2) is 0 Å². The van der Waals surface area contributed by atoms with Gasteiger partial charge in [0, 0.05) is 4.47 Å². The van der Waals surface area contributed by atoms with Gasteiger partial charge in [0.15, 0.2) is 5.75 Å². The van der Waals surface area contributed by atoms with E-state index < -0.39 is 0 Å². The summed E-state index contributed by atoms with van der Waals surface area (Å²) in [6, 6.07) is 1.77. The lowest BCUT2D eigenvalue weighted by Gasteiger charge is -2.22. The maximum absolute atomic E-state index is 6.33. The smallest absolute Gasteiger partial charge is 0.155 e. The third-order valence-corrected chi connectivity index (χ3v) is 6.41. The van der Waals surface area contributed by atoms with Gasteiger partial charge >= 0.3 is 0 Å². The van der Waals surface area contributed by atoms with Crippen LogP contribution >= 0.6 is 55.1 Å². The summed E-state index contributed by atoms with van der Waals surface area (Å²) in [6.45, 7) is 6.63. The number of benzene rings is 1. The molecule has 0 saturated heterocycles. The van der Waals surface area contributed by atoms with Crippen LogP contribution in [0.5, 0.6) is 5.75 Å². The minimum absolute atomic E-state index is 0.157. The number of hydrogen-bond acceptors (Lipinski definition) is 1.